The normalized spacial score (nSPS) is 21.9. The second-order valence-corrected chi connectivity index (χ2v) is 9.06. The van der Waals surface area contributed by atoms with Crippen molar-refractivity contribution in [2.75, 3.05) is 39.6 Å². The minimum atomic E-state index is -1.07. The van der Waals surface area contributed by atoms with Gasteiger partial charge in [0.25, 0.3) is 0 Å². The summed E-state index contributed by atoms with van der Waals surface area (Å²) in [5.41, 5.74) is 1.86. The van der Waals surface area contributed by atoms with Crippen LogP contribution in [0.15, 0.2) is 47.5 Å². The molecule has 3 aliphatic rings. The first-order valence-electron chi connectivity index (χ1n) is 11.7. The van der Waals surface area contributed by atoms with Crippen molar-refractivity contribution in [2.24, 2.45) is 10.9 Å². The van der Waals surface area contributed by atoms with Gasteiger partial charge in [-0.1, -0.05) is 29.8 Å². The number of aliphatic imine (C=N–C) groups is 1. The second kappa shape index (κ2) is 10.1. The van der Waals surface area contributed by atoms with Crippen LogP contribution in [0.1, 0.15) is 24.1 Å². The fourth-order valence-corrected chi connectivity index (χ4v) is 4.77. The quantitative estimate of drug-likeness (QED) is 0.500. The predicted octanol–water partition coefficient (Wildman–Crippen LogP) is 2.59. The molecule has 2 atom stereocenters. The zero-order chi connectivity index (χ0) is 24.4. The summed E-state index contributed by atoms with van der Waals surface area (Å²) in [6.07, 6.45) is 0. The molecule has 0 saturated carbocycles. The van der Waals surface area contributed by atoms with E-state index in [1.54, 1.807) is 25.1 Å². The summed E-state index contributed by atoms with van der Waals surface area (Å²) in [5, 5.41) is 3.36. The molecule has 3 heterocycles. The van der Waals surface area contributed by atoms with Gasteiger partial charge >= 0.3 is 5.97 Å². The number of guanidine groups is 1. The van der Waals surface area contributed by atoms with E-state index < -0.39 is 23.8 Å². The summed E-state index contributed by atoms with van der Waals surface area (Å²) >= 11 is 6.19. The lowest BCUT2D eigenvalue weighted by Crippen LogP contribution is -2.57. The van der Waals surface area contributed by atoms with Crippen LogP contribution in [0.3, 0.4) is 0 Å². The Balaban J connectivity index is 1.29. The second-order valence-electron chi connectivity index (χ2n) is 8.62. The lowest BCUT2D eigenvalue weighted by atomic mass is 9.91. The summed E-state index contributed by atoms with van der Waals surface area (Å²) in [6.45, 7) is 5.93. The Kier molecular flexibility index (Phi) is 6.79. The summed E-state index contributed by atoms with van der Waals surface area (Å²) in [6, 6.07) is 12.4. The molecule has 0 aromatic heterocycles. The Morgan fingerprint density at radius 1 is 1.14 bits per heavy atom. The van der Waals surface area contributed by atoms with Gasteiger partial charge in [0, 0.05) is 37.7 Å². The third-order valence-corrected chi connectivity index (χ3v) is 6.58. The summed E-state index contributed by atoms with van der Waals surface area (Å²) in [7, 11) is 0. The first-order valence-corrected chi connectivity index (χ1v) is 12.1. The highest BCUT2D eigenvalue weighted by Gasteiger charge is 2.42. The average molecular weight is 499 g/mol. The Hall–Kier alpha value is -3.30. The van der Waals surface area contributed by atoms with Crippen molar-refractivity contribution in [1.29, 1.82) is 0 Å². The van der Waals surface area contributed by atoms with Gasteiger partial charge in [-0.2, -0.15) is 0 Å². The highest BCUT2D eigenvalue weighted by Crippen LogP contribution is 2.34. The minimum absolute atomic E-state index is 0.187. The number of carbonyl (C=O) groups excluding carboxylic acids is 2. The molecule has 0 unspecified atom stereocenters. The molecule has 10 heteroatoms. The molecule has 0 bridgehead atoms. The predicted molar refractivity (Wildman–Crippen MR) is 129 cm³/mol. The summed E-state index contributed by atoms with van der Waals surface area (Å²) in [4.78, 5) is 34.9. The number of fused-ring (bicyclic) bond motifs is 1. The van der Waals surface area contributed by atoms with Gasteiger partial charge in [-0.25, -0.2) is 4.99 Å². The van der Waals surface area contributed by atoms with E-state index in [1.165, 1.54) is 0 Å². The van der Waals surface area contributed by atoms with Crippen LogP contribution in [0.5, 0.6) is 11.5 Å². The molecule has 1 saturated heterocycles. The monoisotopic (exact) mass is 498 g/mol. The van der Waals surface area contributed by atoms with E-state index >= 15 is 0 Å². The van der Waals surface area contributed by atoms with E-state index in [9.17, 15) is 9.59 Å². The van der Waals surface area contributed by atoms with Crippen LogP contribution in [0.2, 0.25) is 5.02 Å². The maximum absolute atomic E-state index is 13.0. The largest absolute Gasteiger partial charge is 0.465 e. The van der Waals surface area contributed by atoms with E-state index in [2.05, 4.69) is 16.3 Å². The van der Waals surface area contributed by atoms with E-state index in [-0.39, 0.29) is 13.4 Å². The van der Waals surface area contributed by atoms with Gasteiger partial charge in [-0.15, -0.1) is 0 Å². The maximum Gasteiger partial charge on any atom is 0.321 e. The third kappa shape index (κ3) is 5.06. The number of benzene rings is 2. The number of hydrogen-bond donors (Lipinski definition) is 1. The number of halogens is 1. The Morgan fingerprint density at radius 2 is 1.94 bits per heavy atom. The van der Waals surface area contributed by atoms with Gasteiger partial charge < -0.3 is 19.1 Å². The van der Waals surface area contributed by atoms with Crippen LogP contribution in [-0.4, -0.2) is 67.2 Å². The van der Waals surface area contributed by atoms with E-state index in [0.29, 0.717) is 29.6 Å². The van der Waals surface area contributed by atoms with Gasteiger partial charge in [0.2, 0.25) is 18.7 Å². The lowest BCUT2D eigenvalue weighted by Gasteiger charge is -2.39. The Morgan fingerprint density at radius 3 is 2.71 bits per heavy atom. The maximum atomic E-state index is 13.0. The van der Waals surface area contributed by atoms with Crippen molar-refractivity contribution in [3.05, 3.63) is 58.6 Å². The molecule has 9 nitrogen and oxygen atoms in total. The number of nitrogens with one attached hydrogen (secondary N) is 1. The molecule has 2 aromatic rings. The fraction of sp³-hybridized carbons (Fsp3) is 0.400. The van der Waals surface area contributed by atoms with Crippen molar-refractivity contribution in [1.82, 2.24) is 15.1 Å². The van der Waals surface area contributed by atoms with E-state index in [4.69, 9.17) is 30.8 Å². The molecule has 1 N–H and O–H groups in total. The highest BCUT2D eigenvalue weighted by atomic mass is 35.5. The standard InChI is InChI=1S/C25H27ClN4O5/c1-2-33-24(32)21-22(17-4-3-5-18(26)13-17)27-25(28-23(21)31)30-10-8-29(9-11-30)14-16-6-7-19-20(12-16)35-15-34-19/h3-7,12-13,21-22H,2,8-11,14-15H2,1H3,(H,27,28,31)/t21-,22+/m1/s1. The molecule has 0 radical (unpaired) electrons. The van der Waals surface area contributed by atoms with Crippen molar-refractivity contribution < 1.29 is 23.8 Å². The van der Waals surface area contributed by atoms with Crippen molar-refractivity contribution in [3.63, 3.8) is 0 Å². The molecule has 2 aromatic carbocycles. The van der Waals surface area contributed by atoms with Crippen LogP contribution in [-0.2, 0) is 20.9 Å². The third-order valence-electron chi connectivity index (χ3n) is 6.34. The van der Waals surface area contributed by atoms with E-state index in [1.807, 2.05) is 23.1 Å². The average Bonchev–Trinajstić information content (AvgIpc) is 3.32. The van der Waals surface area contributed by atoms with Crippen LogP contribution in [0.4, 0.5) is 0 Å². The van der Waals surface area contributed by atoms with E-state index in [0.717, 1.165) is 36.7 Å². The number of ether oxygens (including phenoxy) is 3. The van der Waals surface area contributed by atoms with Gasteiger partial charge in [-0.05, 0) is 42.3 Å². The topological polar surface area (TPSA) is 92.7 Å². The van der Waals surface area contributed by atoms with Crippen LogP contribution < -0.4 is 14.8 Å². The fourth-order valence-electron chi connectivity index (χ4n) is 4.57. The van der Waals surface area contributed by atoms with Crippen molar-refractivity contribution in [3.8, 4) is 11.5 Å². The number of amides is 1. The van der Waals surface area contributed by atoms with Gasteiger partial charge in [0.05, 0.1) is 6.61 Å². The molecule has 0 spiro atoms. The molecule has 3 aliphatic heterocycles. The van der Waals surface area contributed by atoms with Gasteiger partial charge in [0.15, 0.2) is 17.4 Å². The van der Waals surface area contributed by atoms with Crippen molar-refractivity contribution >= 4 is 29.4 Å². The van der Waals surface area contributed by atoms with Gasteiger partial charge in [0.1, 0.15) is 6.04 Å². The summed E-state index contributed by atoms with van der Waals surface area (Å²) < 4.78 is 16.0. The van der Waals surface area contributed by atoms with Gasteiger partial charge in [-0.3, -0.25) is 19.8 Å². The Bertz CT molecular complexity index is 1150. The molecular formula is C25H27ClN4O5. The van der Waals surface area contributed by atoms with Crippen LogP contribution in [0, 0.1) is 5.92 Å². The first-order chi connectivity index (χ1) is 17.0. The summed E-state index contributed by atoms with van der Waals surface area (Å²) in [5.74, 6) is -0.0381. The number of carbonyl (C=O) groups is 2. The molecule has 35 heavy (non-hydrogen) atoms. The Labute approximate surface area is 208 Å². The number of hydrogen-bond acceptors (Lipinski definition) is 8. The zero-order valence-electron chi connectivity index (χ0n) is 19.4. The number of esters is 1. The molecular weight excluding hydrogens is 472 g/mol. The first kappa shape index (κ1) is 23.4. The number of rotatable bonds is 5. The van der Waals surface area contributed by atoms with Crippen molar-refractivity contribution in [2.45, 2.75) is 19.5 Å². The lowest BCUT2D eigenvalue weighted by molar-refractivity contribution is -0.153. The number of nitrogens with zero attached hydrogens (tertiary/aromatic N) is 3. The zero-order valence-corrected chi connectivity index (χ0v) is 20.2. The minimum Gasteiger partial charge on any atom is -0.465 e. The van der Waals surface area contributed by atoms with Crippen LogP contribution >= 0.6 is 11.6 Å². The molecule has 184 valence electrons. The molecule has 1 amide bonds. The van der Waals surface area contributed by atoms with Crippen LogP contribution in [0.25, 0.3) is 0 Å². The molecule has 0 aliphatic carbocycles. The SMILES string of the molecule is CCOC(=O)[C@H]1C(=O)NC(N2CCN(Cc3ccc4c(c3)OCO4)CC2)=N[C@H]1c1cccc(Cl)c1. The number of piperazine rings is 1. The molecule has 5 rings (SSSR count). The highest BCUT2D eigenvalue weighted by molar-refractivity contribution is 6.30. The molecule has 1 fully saturated rings. The smallest absolute Gasteiger partial charge is 0.321 e.